The lowest BCUT2D eigenvalue weighted by Crippen LogP contribution is -1.90. The quantitative estimate of drug-likeness (QED) is 0.586. The average molecular weight is 147 g/mol. The van der Waals surface area contributed by atoms with Crippen LogP contribution in [0.2, 0.25) is 0 Å². The lowest BCUT2D eigenvalue weighted by molar-refractivity contribution is 1.09. The zero-order valence-electron chi connectivity index (χ0n) is 7.09. The number of aryl methyl sites for hydroxylation is 1. The highest BCUT2D eigenvalue weighted by Gasteiger charge is 1.96. The molecule has 0 aromatic carbocycles. The molecule has 0 amide bonds. The molecular weight excluding hydrogens is 134 g/mol. The highest BCUT2D eigenvalue weighted by atomic mass is 14.6. The SMILES string of the molecule is C=C(C)Cc1cnccc1C. The second kappa shape index (κ2) is 3.33. The molecule has 1 nitrogen and oxygen atoms in total. The number of allylic oxidation sites excluding steroid dienone is 1. The second-order valence-corrected chi connectivity index (χ2v) is 2.94. The predicted octanol–water partition coefficient (Wildman–Crippen LogP) is 2.51. The van der Waals surface area contributed by atoms with Gasteiger partial charge in [-0.05, 0) is 37.5 Å². The Morgan fingerprint density at radius 1 is 1.64 bits per heavy atom. The Morgan fingerprint density at radius 3 is 2.91 bits per heavy atom. The molecule has 0 aliphatic carbocycles. The summed E-state index contributed by atoms with van der Waals surface area (Å²) < 4.78 is 0. The zero-order valence-corrected chi connectivity index (χ0v) is 7.09. The van der Waals surface area contributed by atoms with Crippen molar-refractivity contribution >= 4 is 0 Å². The van der Waals surface area contributed by atoms with Gasteiger partial charge >= 0.3 is 0 Å². The van der Waals surface area contributed by atoms with Gasteiger partial charge in [-0.1, -0.05) is 12.2 Å². The topological polar surface area (TPSA) is 12.9 Å². The number of rotatable bonds is 2. The van der Waals surface area contributed by atoms with Crippen molar-refractivity contribution in [2.45, 2.75) is 20.3 Å². The minimum atomic E-state index is 0.944. The predicted molar refractivity (Wildman–Crippen MR) is 47.5 cm³/mol. The van der Waals surface area contributed by atoms with Crippen LogP contribution >= 0.6 is 0 Å². The van der Waals surface area contributed by atoms with Crippen molar-refractivity contribution in [3.8, 4) is 0 Å². The van der Waals surface area contributed by atoms with Gasteiger partial charge in [0.2, 0.25) is 0 Å². The van der Waals surface area contributed by atoms with Crippen molar-refractivity contribution < 1.29 is 0 Å². The van der Waals surface area contributed by atoms with Crippen LogP contribution in [0.5, 0.6) is 0 Å². The highest BCUT2D eigenvalue weighted by Crippen LogP contribution is 2.09. The fourth-order valence-corrected chi connectivity index (χ4v) is 1.01. The van der Waals surface area contributed by atoms with Crippen molar-refractivity contribution in [3.05, 3.63) is 41.7 Å². The van der Waals surface area contributed by atoms with E-state index in [0.29, 0.717) is 0 Å². The maximum absolute atomic E-state index is 4.06. The molecule has 0 fully saturated rings. The van der Waals surface area contributed by atoms with E-state index in [9.17, 15) is 0 Å². The molecule has 58 valence electrons. The molecule has 1 rings (SSSR count). The zero-order chi connectivity index (χ0) is 8.27. The van der Waals surface area contributed by atoms with Gasteiger partial charge in [-0.2, -0.15) is 0 Å². The van der Waals surface area contributed by atoms with Crippen LogP contribution in [0.3, 0.4) is 0 Å². The van der Waals surface area contributed by atoms with Crippen molar-refractivity contribution in [1.29, 1.82) is 0 Å². The molecule has 1 heteroatoms. The van der Waals surface area contributed by atoms with Gasteiger partial charge in [0.05, 0.1) is 0 Å². The summed E-state index contributed by atoms with van der Waals surface area (Å²) in [6, 6.07) is 2.03. The van der Waals surface area contributed by atoms with E-state index in [2.05, 4.69) is 18.5 Å². The van der Waals surface area contributed by atoms with E-state index in [0.717, 1.165) is 6.42 Å². The Bertz CT molecular complexity index is 263. The van der Waals surface area contributed by atoms with Gasteiger partial charge < -0.3 is 0 Å². The van der Waals surface area contributed by atoms with E-state index >= 15 is 0 Å². The van der Waals surface area contributed by atoms with Crippen molar-refractivity contribution in [2.24, 2.45) is 0 Å². The molecule has 0 atom stereocenters. The fraction of sp³-hybridized carbons (Fsp3) is 0.300. The third kappa shape index (κ3) is 2.19. The second-order valence-electron chi connectivity index (χ2n) is 2.94. The van der Waals surface area contributed by atoms with Gasteiger partial charge in [-0.25, -0.2) is 0 Å². The monoisotopic (exact) mass is 147 g/mol. The summed E-state index contributed by atoms with van der Waals surface area (Å²) in [5, 5.41) is 0. The van der Waals surface area contributed by atoms with Gasteiger partial charge in [0.25, 0.3) is 0 Å². The van der Waals surface area contributed by atoms with E-state index in [4.69, 9.17) is 0 Å². The Kier molecular flexibility index (Phi) is 2.42. The molecule has 11 heavy (non-hydrogen) atoms. The summed E-state index contributed by atoms with van der Waals surface area (Å²) in [5.74, 6) is 0. The van der Waals surface area contributed by atoms with Gasteiger partial charge in [-0.3, -0.25) is 4.98 Å². The van der Waals surface area contributed by atoms with Crippen LogP contribution in [0.25, 0.3) is 0 Å². The minimum Gasteiger partial charge on any atom is -0.264 e. The lowest BCUT2D eigenvalue weighted by Gasteiger charge is -2.02. The van der Waals surface area contributed by atoms with Crippen LogP contribution in [0.1, 0.15) is 18.1 Å². The first-order chi connectivity index (χ1) is 5.20. The van der Waals surface area contributed by atoms with Crippen molar-refractivity contribution in [1.82, 2.24) is 4.98 Å². The van der Waals surface area contributed by atoms with Crippen LogP contribution in [-0.4, -0.2) is 4.98 Å². The molecule has 0 aliphatic heterocycles. The molecule has 1 aromatic heterocycles. The average Bonchev–Trinajstić information content (AvgIpc) is 1.93. The smallest absolute Gasteiger partial charge is 0.0305 e. The first-order valence-electron chi connectivity index (χ1n) is 3.74. The summed E-state index contributed by atoms with van der Waals surface area (Å²) in [4.78, 5) is 4.06. The first-order valence-corrected chi connectivity index (χ1v) is 3.74. The summed E-state index contributed by atoms with van der Waals surface area (Å²) >= 11 is 0. The maximum atomic E-state index is 4.06. The fourth-order valence-electron chi connectivity index (χ4n) is 1.01. The number of nitrogens with zero attached hydrogens (tertiary/aromatic N) is 1. The van der Waals surface area contributed by atoms with Crippen LogP contribution < -0.4 is 0 Å². The summed E-state index contributed by atoms with van der Waals surface area (Å²) in [7, 11) is 0. The van der Waals surface area contributed by atoms with Crippen LogP contribution in [0.4, 0.5) is 0 Å². The third-order valence-corrected chi connectivity index (χ3v) is 1.64. The minimum absolute atomic E-state index is 0.944. The van der Waals surface area contributed by atoms with E-state index < -0.39 is 0 Å². The van der Waals surface area contributed by atoms with Crippen LogP contribution in [0, 0.1) is 6.92 Å². The Labute approximate surface area is 67.8 Å². The number of aromatic nitrogens is 1. The largest absolute Gasteiger partial charge is 0.264 e. The van der Waals surface area contributed by atoms with Gasteiger partial charge in [0.1, 0.15) is 0 Å². The Morgan fingerprint density at radius 2 is 2.36 bits per heavy atom. The molecule has 0 spiro atoms. The lowest BCUT2D eigenvalue weighted by atomic mass is 10.1. The van der Waals surface area contributed by atoms with Gasteiger partial charge in [0, 0.05) is 12.4 Å². The molecule has 0 saturated carbocycles. The Balaban J connectivity index is 2.86. The summed E-state index contributed by atoms with van der Waals surface area (Å²) in [6.07, 6.45) is 4.67. The summed E-state index contributed by atoms with van der Waals surface area (Å²) in [6.45, 7) is 8.00. The number of hydrogen-bond acceptors (Lipinski definition) is 1. The highest BCUT2D eigenvalue weighted by molar-refractivity contribution is 5.25. The molecule has 0 unspecified atom stereocenters. The number of pyridine rings is 1. The molecular formula is C10H13N. The van der Waals surface area contributed by atoms with Gasteiger partial charge in [0.15, 0.2) is 0 Å². The molecule has 0 aliphatic rings. The van der Waals surface area contributed by atoms with Crippen LogP contribution in [0.15, 0.2) is 30.6 Å². The molecule has 0 N–H and O–H groups in total. The molecule has 0 radical (unpaired) electrons. The molecule has 1 aromatic rings. The third-order valence-electron chi connectivity index (χ3n) is 1.64. The van der Waals surface area contributed by atoms with E-state index in [1.165, 1.54) is 16.7 Å². The first kappa shape index (κ1) is 7.99. The van der Waals surface area contributed by atoms with Crippen LogP contribution in [-0.2, 0) is 6.42 Å². The Hall–Kier alpha value is -1.11. The van der Waals surface area contributed by atoms with Crippen molar-refractivity contribution in [3.63, 3.8) is 0 Å². The maximum Gasteiger partial charge on any atom is 0.0305 e. The van der Waals surface area contributed by atoms with E-state index in [-0.39, 0.29) is 0 Å². The molecule has 0 saturated heterocycles. The number of hydrogen-bond donors (Lipinski definition) is 0. The van der Waals surface area contributed by atoms with Gasteiger partial charge in [-0.15, -0.1) is 0 Å². The normalized spacial score (nSPS) is 9.64. The summed E-state index contributed by atoms with van der Waals surface area (Å²) in [5.41, 5.74) is 3.75. The van der Waals surface area contributed by atoms with E-state index in [1.54, 1.807) is 0 Å². The van der Waals surface area contributed by atoms with Crippen molar-refractivity contribution in [2.75, 3.05) is 0 Å². The van der Waals surface area contributed by atoms with E-state index in [1.807, 2.05) is 25.4 Å². The molecule has 1 heterocycles. The standard InChI is InChI=1S/C10H13N/c1-8(2)6-10-7-11-5-4-9(10)3/h4-5,7H,1,6H2,2-3H3. The molecule has 0 bridgehead atoms.